The Morgan fingerprint density at radius 1 is 1.38 bits per heavy atom. The summed E-state index contributed by atoms with van der Waals surface area (Å²) in [5.74, 6) is 0.404. The maximum Gasteiger partial charge on any atom is 0.279 e. The monoisotopic (exact) mass is 319 g/mol. The summed E-state index contributed by atoms with van der Waals surface area (Å²) in [6.07, 6.45) is 2.90. The van der Waals surface area contributed by atoms with Crippen LogP contribution >= 0.6 is 0 Å². The Morgan fingerprint density at radius 2 is 2.10 bits per heavy atom. The van der Waals surface area contributed by atoms with Gasteiger partial charge in [0.05, 0.1) is 6.10 Å². The van der Waals surface area contributed by atoms with Gasteiger partial charge in [0.25, 0.3) is 10.2 Å². The van der Waals surface area contributed by atoms with Crippen molar-refractivity contribution in [3.8, 4) is 0 Å². The Labute approximate surface area is 128 Å². The van der Waals surface area contributed by atoms with Gasteiger partial charge in [0.15, 0.2) is 0 Å². The first-order valence-corrected chi connectivity index (χ1v) is 9.20. The lowest BCUT2D eigenvalue weighted by Gasteiger charge is -2.51. The number of methoxy groups -OCH3 is 1. The SMILES string of the molecule is CNCC1CCCN(S(=O)(=O)NC2CC(OC)C2(C)C)C1. The van der Waals surface area contributed by atoms with Crippen LogP contribution in [0, 0.1) is 11.3 Å². The van der Waals surface area contributed by atoms with Crippen molar-refractivity contribution in [2.45, 2.75) is 45.3 Å². The predicted molar refractivity (Wildman–Crippen MR) is 83.3 cm³/mol. The van der Waals surface area contributed by atoms with E-state index in [0.29, 0.717) is 19.0 Å². The van der Waals surface area contributed by atoms with Crippen molar-refractivity contribution in [2.24, 2.45) is 11.3 Å². The first-order valence-electron chi connectivity index (χ1n) is 7.76. The van der Waals surface area contributed by atoms with Crippen molar-refractivity contribution >= 4 is 10.2 Å². The van der Waals surface area contributed by atoms with Crippen LogP contribution in [0.15, 0.2) is 0 Å². The topological polar surface area (TPSA) is 70.7 Å². The summed E-state index contributed by atoms with van der Waals surface area (Å²) in [5.41, 5.74) is -0.151. The summed E-state index contributed by atoms with van der Waals surface area (Å²) in [6.45, 7) is 6.20. The maximum absolute atomic E-state index is 12.6. The van der Waals surface area contributed by atoms with E-state index in [9.17, 15) is 8.42 Å². The van der Waals surface area contributed by atoms with Gasteiger partial charge in [-0.25, -0.2) is 0 Å². The van der Waals surface area contributed by atoms with Gasteiger partial charge < -0.3 is 10.1 Å². The zero-order valence-corrected chi connectivity index (χ0v) is 14.4. The number of rotatable bonds is 6. The van der Waals surface area contributed by atoms with Gasteiger partial charge in [-0.15, -0.1) is 0 Å². The van der Waals surface area contributed by atoms with Gasteiger partial charge in [-0.1, -0.05) is 13.8 Å². The second-order valence-electron chi connectivity index (χ2n) is 6.88. The summed E-state index contributed by atoms with van der Waals surface area (Å²) in [5, 5.41) is 3.14. The van der Waals surface area contributed by atoms with Crippen LogP contribution in [0.4, 0.5) is 0 Å². The molecule has 2 rings (SSSR count). The lowest BCUT2D eigenvalue weighted by molar-refractivity contribution is -0.0912. The van der Waals surface area contributed by atoms with E-state index in [2.05, 4.69) is 23.9 Å². The van der Waals surface area contributed by atoms with E-state index in [-0.39, 0.29) is 17.6 Å². The molecule has 1 saturated carbocycles. The number of nitrogens with one attached hydrogen (secondary N) is 2. The summed E-state index contributed by atoms with van der Waals surface area (Å²) < 4.78 is 35.0. The van der Waals surface area contributed by atoms with Gasteiger partial charge in [-0.05, 0) is 38.8 Å². The minimum atomic E-state index is -3.40. The zero-order chi connectivity index (χ0) is 15.7. The quantitative estimate of drug-likeness (QED) is 0.751. The predicted octanol–water partition coefficient (Wildman–Crippen LogP) is 0.566. The smallest absolute Gasteiger partial charge is 0.279 e. The summed E-state index contributed by atoms with van der Waals surface area (Å²) in [7, 11) is 0.197. The number of hydrogen-bond donors (Lipinski definition) is 2. The van der Waals surface area contributed by atoms with E-state index in [4.69, 9.17) is 4.74 Å². The van der Waals surface area contributed by atoms with Gasteiger partial charge in [0.2, 0.25) is 0 Å². The molecule has 0 amide bonds. The van der Waals surface area contributed by atoms with Crippen molar-refractivity contribution in [1.82, 2.24) is 14.3 Å². The fourth-order valence-electron chi connectivity index (χ4n) is 3.44. The molecule has 0 aromatic carbocycles. The van der Waals surface area contributed by atoms with Gasteiger partial charge in [-0.2, -0.15) is 17.4 Å². The minimum absolute atomic E-state index is 0.0443. The molecule has 2 aliphatic rings. The Hall–Kier alpha value is -0.210. The lowest BCUT2D eigenvalue weighted by atomic mass is 9.65. The minimum Gasteiger partial charge on any atom is -0.381 e. The molecule has 1 aliphatic carbocycles. The third kappa shape index (κ3) is 3.59. The summed E-state index contributed by atoms with van der Waals surface area (Å²) >= 11 is 0. The van der Waals surface area contributed by atoms with Crippen molar-refractivity contribution in [1.29, 1.82) is 0 Å². The summed E-state index contributed by atoms with van der Waals surface area (Å²) in [6, 6.07) is -0.0443. The third-order valence-electron chi connectivity index (χ3n) is 5.07. The van der Waals surface area contributed by atoms with Crippen LogP contribution in [0.25, 0.3) is 0 Å². The van der Waals surface area contributed by atoms with Crippen molar-refractivity contribution in [2.75, 3.05) is 33.8 Å². The average Bonchev–Trinajstić information content (AvgIpc) is 2.44. The zero-order valence-electron chi connectivity index (χ0n) is 13.6. The fourth-order valence-corrected chi connectivity index (χ4v) is 5.13. The molecule has 1 heterocycles. The number of ether oxygens (including phenoxy) is 1. The highest BCUT2D eigenvalue weighted by Crippen LogP contribution is 2.42. The highest BCUT2D eigenvalue weighted by Gasteiger charge is 2.50. The Bertz CT molecular complexity index is 450. The molecular formula is C14H29N3O3S. The molecule has 6 nitrogen and oxygen atoms in total. The molecule has 0 spiro atoms. The van der Waals surface area contributed by atoms with Crippen molar-refractivity contribution in [3.05, 3.63) is 0 Å². The molecule has 124 valence electrons. The molecule has 3 unspecified atom stereocenters. The van der Waals surface area contributed by atoms with Crippen LogP contribution in [0.1, 0.15) is 33.1 Å². The standard InChI is InChI=1S/C14H29N3O3S/c1-14(2)12(8-13(14)20-4)16-21(18,19)17-7-5-6-11(10-17)9-15-3/h11-13,15-16H,5-10H2,1-4H3. The molecular weight excluding hydrogens is 290 g/mol. The molecule has 2 N–H and O–H groups in total. The number of piperidine rings is 1. The largest absolute Gasteiger partial charge is 0.381 e. The highest BCUT2D eigenvalue weighted by molar-refractivity contribution is 7.87. The van der Waals surface area contributed by atoms with E-state index in [1.54, 1.807) is 11.4 Å². The van der Waals surface area contributed by atoms with Crippen LogP contribution in [0.2, 0.25) is 0 Å². The van der Waals surface area contributed by atoms with Crippen LogP contribution in [-0.2, 0) is 14.9 Å². The van der Waals surface area contributed by atoms with Crippen molar-refractivity contribution in [3.63, 3.8) is 0 Å². The first-order chi connectivity index (χ1) is 9.81. The summed E-state index contributed by atoms with van der Waals surface area (Å²) in [4.78, 5) is 0. The second-order valence-corrected chi connectivity index (χ2v) is 8.58. The molecule has 0 bridgehead atoms. The molecule has 0 radical (unpaired) electrons. The fraction of sp³-hybridized carbons (Fsp3) is 1.00. The normalized spacial score (nSPS) is 33.6. The molecule has 3 atom stereocenters. The number of hydrogen-bond acceptors (Lipinski definition) is 4. The molecule has 7 heteroatoms. The van der Waals surface area contributed by atoms with Crippen LogP contribution < -0.4 is 10.0 Å². The molecule has 1 aliphatic heterocycles. The van der Waals surface area contributed by atoms with Gasteiger partial charge in [0, 0.05) is 31.7 Å². The average molecular weight is 319 g/mol. The molecule has 2 fully saturated rings. The second kappa shape index (κ2) is 6.50. The number of nitrogens with zero attached hydrogens (tertiary/aromatic N) is 1. The Morgan fingerprint density at radius 3 is 2.67 bits per heavy atom. The van der Waals surface area contributed by atoms with Gasteiger partial charge in [0.1, 0.15) is 0 Å². The van der Waals surface area contributed by atoms with Crippen molar-refractivity contribution < 1.29 is 13.2 Å². The maximum atomic E-state index is 12.6. The van der Waals surface area contributed by atoms with E-state index in [0.717, 1.165) is 25.8 Å². The molecule has 0 aromatic rings. The van der Waals surface area contributed by atoms with Crippen LogP contribution in [-0.4, -0.2) is 58.7 Å². The third-order valence-corrected chi connectivity index (χ3v) is 6.66. The van der Waals surface area contributed by atoms with Crippen LogP contribution in [0.3, 0.4) is 0 Å². The molecule has 0 aromatic heterocycles. The van der Waals surface area contributed by atoms with Gasteiger partial charge >= 0.3 is 0 Å². The van der Waals surface area contributed by atoms with E-state index >= 15 is 0 Å². The lowest BCUT2D eigenvalue weighted by Crippen LogP contribution is -2.63. The van der Waals surface area contributed by atoms with Crippen LogP contribution in [0.5, 0.6) is 0 Å². The van der Waals surface area contributed by atoms with E-state index in [1.165, 1.54) is 0 Å². The van der Waals surface area contributed by atoms with E-state index < -0.39 is 10.2 Å². The first kappa shape index (κ1) is 17.1. The Kier molecular flexibility index (Phi) is 5.31. The molecule has 21 heavy (non-hydrogen) atoms. The molecule has 1 saturated heterocycles. The highest BCUT2D eigenvalue weighted by atomic mass is 32.2. The Balaban J connectivity index is 1.96. The van der Waals surface area contributed by atoms with E-state index in [1.807, 2.05) is 7.05 Å². The van der Waals surface area contributed by atoms with Gasteiger partial charge in [-0.3, -0.25) is 0 Å².